The Morgan fingerprint density at radius 1 is 1.17 bits per heavy atom. The summed E-state index contributed by atoms with van der Waals surface area (Å²) in [7, 11) is 0. The molecule has 3 aromatic rings. The highest BCUT2D eigenvalue weighted by Gasteiger charge is 2.18. The Bertz CT molecular complexity index is 834. The van der Waals surface area contributed by atoms with E-state index in [2.05, 4.69) is 29.3 Å². The van der Waals surface area contributed by atoms with Crippen molar-refractivity contribution in [1.29, 1.82) is 0 Å². The topological polar surface area (TPSA) is 63.8 Å². The lowest BCUT2D eigenvalue weighted by Crippen LogP contribution is -2.23. The highest BCUT2D eigenvalue weighted by molar-refractivity contribution is 6.04. The van der Waals surface area contributed by atoms with E-state index in [9.17, 15) is 0 Å². The molecule has 2 heterocycles. The van der Waals surface area contributed by atoms with Gasteiger partial charge in [-0.1, -0.05) is 38.3 Å². The molecule has 1 aromatic carbocycles. The van der Waals surface area contributed by atoms with Crippen molar-refractivity contribution in [2.75, 3.05) is 5.32 Å². The first-order chi connectivity index (χ1) is 11.2. The Labute approximate surface area is 135 Å². The smallest absolute Gasteiger partial charge is 0.223 e. The molecule has 2 aromatic heterocycles. The summed E-state index contributed by atoms with van der Waals surface area (Å²) >= 11 is 0. The Morgan fingerprint density at radius 3 is 2.78 bits per heavy atom. The van der Waals surface area contributed by atoms with Crippen molar-refractivity contribution in [3.05, 3.63) is 24.0 Å². The zero-order valence-electron chi connectivity index (χ0n) is 13.7. The van der Waals surface area contributed by atoms with E-state index in [1.807, 2.05) is 18.3 Å². The van der Waals surface area contributed by atoms with Gasteiger partial charge in [-0.15, -0.1) is 0 Å². The van der Waals surface area contributed by atoms with E-state index in [0.717, 1.165) is 27.6 Å². The summed E-state index contributed by atoms with van der Waals surface area (Å²) < 4.78 is 5.48. The van der Waals surface area contributed by atoms with Crippen LogP contribution in [0.5, 0.6) is 0 Å². The molecule has 1 fully saturated rings. The van der Waals surface area contributed by atoms with Crippen LogP contribution in [0.15, 0.2) is 22.9 Å². The lowest BCUT2D eigenvalue weighted by atomic mass is 9.96. The first kappa shape index (κ1) is 14.4. The lowest BCUT2D eigenvalue weighted by molar-refractivity contribution is 0.441. The molecular weight excluding hydrogens is 288 g/mol. The molecule has 120 valence electrons. The number of hydrogen-bond donors (Lipinski definition) is 1. The second kappa shape index (κ2) is 5.80. The standard InChI is InChI=1S/C18H22N4O/c1-11(2)16-15-14(23-22-16)9-8-12-10-19-18(21-17(12)15)20-13-6-4-3-5-7-13/h8-11,13H,3-7H2,1-2H3,(H,19,20,21). The van der Waals surface area contributed by atoms with Crippen molar-refractivity contribution in [2.24, 2.45) is 0 Å². The van der Waals surface area contributed by atoms with Gasteiger partial charge in [-0.2, -0.15) is 0 Å². The van der Waals surface area contributed by atoms with Crippen LogP contribution in [0.1, 0.15) is 57.6 Å². The van der Waals surface area contributed by atoms with Gasteiger partial charge in [0.15, 0.2) is 5.58 Å². The van der Waals surface area contributed by atoms with E-state index in [4.69, 9.17) is 9.51 Å². The van der Waals surface area contributed by atoms with Crippen molar-refractivity contribution in [1.82, 2.24) is 15.1 Å². The van der Waals surface area contributed by atoms with E-state index in [1.54, 1.807) is 0 Å². The zero-order valence-corrected chi connectivity index (χ0v) is 13.7. The maximum atomic E-state index is 5.48. The highest BCUT2D eigenvalue weighted by atomic mass is 16.5. The summed E-state index contributed by atoms with van der Waals surface area (Å²) in [5.74, 6) is 1.01. The molecule has 1 aliphatic rings. The van der Waals surface area contributed by atoms with Crippen LogP contribution in [0.3, 0.4) is 0 Å². The number of benzene rings is 1. The molecule has 1 N–H and O–H groups in total. The van der Waals surface area contributed by atoms with Crippen LogP contribution in [0.25, 0.3) is 21.9 Å². The number of aromatic nitrogens is 3. The Hall–Kier alpha value is -2.17. The molecule has 0 atom stereocenters. The fourth-order valence-corrected chi connectivity index (χ4v) is 3.44. The summed E-state index contributed by atoms with van der Waals surface area (Å²) in [5, 5.41) is 9.78. The number of fused-ring (bicyclic) bond motifs is 3. The van der Waals surface area contributed by atoms with Gasteiger partial charge in [0, 0.05) is 17.6 Å². The van der Waals surface area contributed by atoms with Crippen molar-refractivity contribution < 1.29 is 4.52 Å². The summed E-state index contributed by atoms with van der Waals surface area (Å²) in [5.41, 5.74) is 2.69. The molecular formula is C18H22N4O. The van der Waals surface area contributed by atoms with Crippen molar-refractivity contribution in [3.63, 3.8) is 0 Å². The summed E-state index contributed by atoms with van der Waals surface area (Å²) in [4.78, 5) is 9.28. The Morgan fingerprint density at radius 2 is 2.00 bits per heavy atom. The number of nitrogens with zero attached hydrogens (tertiary/aromatic N) is 3. The zero-order chi connectivity index (χ0) is 15.8. The second-order valence-corrected chi connectivity index (χ2v) is 6.77. The van der Waals surface area contributed by atoms with Gasteiger partial charge in [0.05, 0.1) is 16.6 Å². The number of anilines is 1. The lowest BCUT2D eigenvalue weighted by Gasteiger charge is -2.22. The van der Waals surface area contributed by atoms with Gasteiger partial charge in [-0.3, -0.25) is 0 Å². The minimum absolute atomic E-state index is 0.298. The fraction of sp³-hybridized carbons (Fsp3) is 0.500. The van der Waals surface area contributed by atoms with Crippen LogP contribution in [-0.2, 0) is 0 Å². The summed E-state index contributed by atoms with van der Waals surface area (Å²) in [6, 6.07) is 4.44. The Kier molecular flexibility index (Phi) is 3.63. The quantitative estimate of drug-likeness (QED) is 0.763. The van der Waals surface area contributed by atoms with E-state index < -0.39 is 0 Å². The van der Waals surface area contributed by atoms with Crippen molar-refractivity contribution in [2.45, 2.75) is 57.9 Å². The van der Waals surface area contributed by atoms with Gasteiger partial charge in [-0.05, 0) is 30.9 Å². The van der Waals surface area contributed by atoms with Crippen LogP contribution in [0.4, 0.5) is 5.95 Å². The first-order valence-corrected chi connectivity index (χ1v) is 8.54. The SMILES string of the molecule is CC(C)c1noc2ccc3cnc(NC4CCCCC4)nc3c12. The fourth-order valence-electron chi connectivity index (χ4n) is 3.44. The molecule has 0 aliphatic heterocycles. The van der Waals surface area contributed by atoms with Gasteiger partial charge in [0.1, 0.15) is 0 Å². The Balaban J connectivity index is 1.79. The molecule has 0 spiro atoms. The molecule has 1 saturated carbocycles. The predicted octanol–water partition coefficient (Wildman–Crippen LogP) is 4.64. The average Bonchev–Trinajstić information content (AvgIpc) is 3.00. The molecule has 1 aliphatic carbocycles. The summed E-state index contributed by atoms with van der Waals surface area (Å²) in [6.07, 6.45) is 8.23. The normalized spacial score (nSPS) is 16.5. The second-order valence-electron chi connectivity index (χ2n) is 6.77. The number of hydrogen-bond acceptors (Lipinski definition) is 5. The molecule has 0 saturated heterocycles. The molecule has 0 bridgehead atoms. The predicted molar refractivity (Wildman–Crippen MR) is 91.7 cm³/mol. The third kappa shape index (κ3) is 2.64. The van der Waals surface area contributed by atoms with E-state index in [-0.39, 0.29) is 0 Å². The largest absolute Gasteiger partial charge is 0.356 e. The number of nitrogens with one attached hydrogen (secondary N) is 1. The molecule has 0 radical (unpaired) electrons. The molecule has 0 unspecified atom stereocenters. The van der Waals surface area contributed by atoms with Gasteiger partial charge in [0.25, 0.3) is 0 Å². The highest BCUT2D eigenvalue weighted by Crippen LogP contribution is 2.31. The monoisotopic (exact) mass is 310 g/mol. The third-order valence-electron chi connectivity index (χ3n) is 4.70. The van der Waals surface area contributed by atoms with Crippen LogP contribution in [0, 0.1) is 0 Å². The van der Waals surface area contributed by atoms with E-state index >= 15 is 0 Å². The minimum atomic E-state index is 0.298. The third-order valence-corrected chi connectivity index (χ3v) is 4.70. The van der Waals surface area contributed by atoms with E-state index in [1.165, 1.54) is 32.1 Å². The minimum Gasteiger partial charge on any atom is -0.356 e. The molecule has 5 heteroatoms. The average molecular weight is 310 g/mol. The molecule has 0 amide bonds. The van der Waals surface area contributed by atoms with E-state index in [0.29, 0.717) is 17.9 Å². The van der Waals surface area contributed by atoms with Crippen molar-refractivity contribution in [3.8, 4) is 0 Å². The van der Waals surface area contributed by atoms with Gasteiger partial charge >= 0.3 is 0 Å². The van der Waals surface area contributed by atoms with Crippen LogP contribution >= 0.6 is 0 Å². The van der Waals surface area contributed by atoms with Gasteiger partial charge in [-0.25, -0.2) is 9.97 Å². The first-order valence-electron chi connectivity index (χ1n) is 8.54. The molecule has 5 nitrogen and oxygen atoms in total. The summed E-state index contributed by atoms with van der Waals surface area (Å²) in [6.45, 7) is 4.25. The van der Waals surface area contributed by atoms with Crippen LogP contribution in [0.2, 0.25) is 0 Å². The maximum Gasteiger partial charge on any atom is 0.223 e. The van der Waals surface area contributed by atoms with Gasteiger partial charge < -0.3 is 9.84 Å². The maximum absolute atomic E-state index is 5.48. The molecule has 23 heavy (non-hydrogen) atoms. The van der Waals surface area contributed by atoms with Crippen LogP contribution < -0.4 is 5.32 Å². The number of rotatable bonds is 3. The van der Waals surface area contributed by atoms with Crippen molar-refractivity contribution >= 4 is 27.8 Å². The molecule has 4 rings (SSSR count). The van der Waals surface area contributed by atoms with Crippen LogP contribution in [-0.4, -0.2) is 21.2 Å². The van der Waals surface area contributed by atoms with Gasteiger partial charge in [0.2, 0.25) is 5.95 Å².